The van der Waals surface area contributed by atoms with Crippen molar-refractivity contribution in [3.63, 3.8) is 0 Å². The fourth-order valence-corrected chi connectivity index (χ4v) is 4.76. The Morgan fingerprint density at radius 3 is 2.17 bits per heavy atom. The number of urea groups is 1. The van der Waals surface area contributed by atoms with Crippen LogP contribution < -0.4 is 11.1 Å². The molecule has 8 nitrogen and oxygen atoms in total. The molecule has 0 aliphatic carbocycles. The van der Waals surface area contributed by atoms with Crippen LogP contribution in [0, 0.1) is 5.41 Å². The second-order valence-corrected chi connectivity index (χ2v) is 9.14. The van der Waals surface area contributed by atoms with Gasteiger partial charge in [0.25, 0.3) is 0 Å². The lowest BCUT2D eigenvalue weighted by atomic mass is 10.1. The number of nitrogen functional groups attached to an aromatic ring is 1. The molecule has 0 atom stereocenters. The third-order valence-electron chi connectivity index (χ3n) is 5.07. The van der Waals surface area contributed by atoms with Gasteiger partial charge in [0.05, 0.1) is 4.90 Å². The highest BCUT2D eigenvalue weighted by Gasteiger charge is 2.30. The zero-order chi connectivity index (χ0) is 21.7. The number of anilines is 1. The Balaban J connectivity index is 1.58. The van der Waals surface area contributed by atoms with Crippen molar-refractivity contribution in [2.45, 2.75) is 24.7 Å². The van der Waals surface area contributed by atoms with Gasteiger partial charge in [0.1, 0.15) is 5.84 Å². The van der Waals surface area contributed by atoms with E-state index in [2.05, 4.69) is 12.2 Å². The summed E-state index contributed by atoms with van der Waals surface area (Å²) in [5.74, 6) is -0.0368. The molecule has 0 radical (unpaired) electrons. The van der Waals surface area contributed by atoms with Gasteiger partial charge in [-0.05, 0) is 48.4 Å². The predicted octanol–water partition coefficient (Wildman–Crippen LogP) is 2.46. The molecule has 160 valence electrons. The molecule has 1 aliphatic rings. The molecule has 9 heteroatoms. The highest BCUT2D eigenvalue weighted by molar-refractivity contribution is 7.89. The first kappa shape index (κ1) is 21.8. The summed E-state index contributed by atoms with van der Waals surface area (Å²) in [5.41, 5.74) is 7.71. The van der Waals surface area contributed by atoms with E-state index in [0.717, 1.165) is 18.4 Å². The Labute approximate surface area is 177 Å². The average Bonchev–Trinajstić information content (AvgIpc) is 2.75. The quantitative estimate of drug-likeness (QED) is 0.483. The Morgan fingerprint density at radius 1 is 1.03 bits per heavy atom. The van der Waals surface area contributed by atoms with Crippen LogP contribution in [-0.2, 0) is 16.4 Å². The molecule has 0 spiro atoms. The number of rotatable bonds is 6. The van der Waals surface area contributed by atoms with Crippen molar-refractivity contribution in [2.24, 2.45) is 5.73 Å². The minimum atomic E-state index is -3.57. The topological polar surface area (TPSA) is 120 Å². The molecule has 0 bridgehead atoms. The maximum atomic E-state index is 12.9. The molecule has 2 aromatic carbocycles. The van der Waals surface area contributed by atoms with Gasteiger partial charge in [0.15, 0.2) is 0 Å². The molecular formula is C21H27N5O3S. The molecule has 0 unspecified atom stereocenters. The van der Waals surface area contributed by atoms with Crippen molar-refractivity contribution in [3.8, 4) is 0 Å². The van der Waals surface area contributed by atoms with Crippen LogP contribution in [0.4, 0.5) is 10.5 Å². The Kier molecular flexibility index (Phi) is 6.73. The number of aryl methyl sites for hydroxylation is 1. The normalized spacial score (nSPS) is 15.0. The molecule has 1 fully saturated rings. The number of carbonyl (C=O) groups excluding carboxylic acids is 1. The molecule has 1 heterocycles. The van der Waals surface area contributed by atoms with Gasteiger partial charge in [0, 0.05) is 37.4 Å². The number of amides is 2. The van der Waals surface area contributed by atoms with E-state index in [1.165, 1.54) is 4.31 Å². The minimum absolute atomic E-state index is 0.0368. The fourth-order valence-electron chi connectivity index (χ4n) is 3.33. The van der Waals surface area contributed by atoms with Crippen LogP contribution in [0.5, 0.6) is 0 Å². The number of amidine groups is 1. The Morgan fingerprint density at radius 2 is 1.63 bits per heavy atom. The van der Waals surface area contributed by atoms with Crippen LogP contribution in [0.25, 0.3) is 0 Å². The summed E-state index contributed by atoms with van der Waals surface area (Å²) in [6, 6.07) is 13.4. The summed E-state index contributed by atoms with van der Waals surface area (Å²) in [5, 5.41) is 10.2. The first-order valence-electron chi connectivity index (χ1n) is 9.90. The smallest absolute Gasteiger partial charge is 0.321 e. The fraction of sp³-hybridized carbons (Fsp3) is 0.333. The van der Waals surface area contributed by atoms with E-state index in [1.807, 2.05) is 12.1 Å². The summed E-state index contributed by atoms with van der Waals surface area (Å²) in [6.45, 7) is 3.20. The van der Waals surface area contributed by atoms with E-state index in [-0.39, 0.29) is 29.9 Å². The number of nitrogens with zero attached hydrogens (tertiary/aromatic N) is 2. The summed E-state index contributed by atoms with van der Waals surface area (Å²) in [7, 11) is -3.57. The molecule has 1 aliphatic heterocycles. The second kappa shape index (κ2) is 9.27. The van der Waals surface area contributed by atoms with Crippen LogP contribution >= 0.6 is 0 Å². The first-order chi connectivity index (χ1) is 14.3. The second-order valence-electron chi connectivity index (χ2n) is 7.21. The number of sulfonamides is 1. The highest BCUT2D eigenvalue weighted by atomic mass is 32.2. The number of benzene rings is 2. The zero-order valence-corrected chi connectivity index (χ0v) is 17.8. The molecular weight excluding hydrogens is 402 g/mol. The number of hydrogen-bond donors (Lipinski definition) is 3. The number of nitrogens with two attached hydrogens (primary N) is 1. The van der Waals surface area contributed by atoms with E-state index in [0.29, 0.717) is 24.3 Å². The molecule has 2 amide bonds. The highest BCUT2D eigenvalue weighted by Crippen LogP contribution is 2.19. The van der Waals surface area contributed by atoms with Crippen molar-refractivity contribution in [1.29, 1.82) is 5.41 Å². The number of piperazine rings is 1. The lowest BCUT2D eigenvalue weighted by molar-refractivity contribution is 0.184. The van der Waals surface area contributed by atoms with Gasteiger partial charge in [0.2, 0.25) is 10.0 Å². The van der Waals surface area contributed by atoms with Crippen molar-refractivity contribution < 1.29 is 13.2 Å². The molecule has 1 saturated heterocycles. The van der Waals surface area contributed by atoms with Crippen molar-refractivity contribution in [1.82, 2.24) is 9.21 Å². The maximum Gasteiger partial charge on any atom is 0.321 e. The van der Waals surface area contributed by atoms with Crippen LogP contribution in [0.15, 0.2) is 53.4 Å². The summed E-state index contributed by atoms with van der Waals surface area (Å²) < 4.78 is 27.2. The molecule has 0 saturated carbocycles. The third kappa shape index (κ3) is 4.98. The SMILES string of the molecule is CCCc1ccc(S(=O)(=O)N2CCN(C(=O)Nc3ccc(C(=N)N)cc3)CC2)cc1. The van der Waals surface area contributed by atoms with Crippen LogP contribution in [0.2, 0.25) is 0 Å². The van der Waals surface area contributed by atoms with Gasteiger partial charge in [-0.2, -0.15) is 4.31 Å². The first-order valence-corrected chi connectivity index (χ1v) is 11.3. The van der Waals surface area contributed by atoms with Crippen LogP contribution in [0.1, 0.15) is 24.5 Å². The Bertz CT molecular complexity index is 996. The van der Waals surface area contributed by atoms with E-state index in [1.54, 1.807) is 41.3 Å². The zero-order valence-electron chi connectivity index (χ0n) is 17.0. The van der Waals surface area contributed by atoms with Gasteiger partial charge in [-0.15, -0.1) is 0 Å². The standard InChI is InChI=1S/C21H27N5O3S/c1-2-3-16-4-10-19(11-5-16)30(28,29)26-14-12-25(13-15-26)21(27)24-18-8-6-17(7-9-18)20(22)23/h4-11H,2-3,12-15H2,1H3,(H3,22,23)(H,24,27). The molecule has 30 heavy (non-hydrogen) atoms. The summed E-state index contributed by atoms with van der Waals surface area (Å²) in [6.07, 6.45) is 1.93. The lowest BCUT2D eigenvalue weighted by Crippen LogP contribution is -2.51. The molecule has 3 rings (SSSR count). The lowest BCUT2D eigenvalue weighted by Gasteiger charge is -2.34. The van der Waals surface area contributed by atoms with Crippen molar-refractivity contribution >= 4 is 27.6 Å². The number of nitrogens with one attached hydrogen (secondary N) is 2. The van der Waals surface area contributed by atoms with Crippen molar-refractivity contribution in [3.05, 3.63) is 59.7 Å². The predicted molar refractivity (Wildman–Crippen MR) is 117 cm³/mol. The third-order valence-corrected chi connectivity index (χ3v) is 6.99. The van der Waals surface area contributed by atoms with E-state index < -0.39 is 10.0 Å². The average molecular weight is 430 g/mol. The number of hydrogen-bond acceptors (Lipinski definition) is 4. The van der Waals surface area contributed by atoms with Gasteiger partial charge >= 0.3 is 6.03 Å². The van der Waals surface area contributed by atoms with Crippen LogP contribution in [0.3, 0.4) is 0 Å². The van der Waals surface area contributed by atoms with E-state index >= 15 is 0 Å². The summed E-state index contributed by atoms with van der Waals surface area (Å²) in [4.78, 5) is 14.4. The molecule has 0 aromatic heterocycles. The van der Waals surface area contributed by atoms with E-state index in [9.17, 15) is 13.2 Å². The van der Waals surface area contributed by atoms with Gasteiger partial charge in [-0.1, -0.05) is 25.5 Å². The monoisotopic (exact) mass is 429 g/mol. The minimum Gasteiger partial charge on any atom is -0.384 e. The number of carbonyl (C=O) groups is 1. The molecule has 4 N–H and O–H groups in total. The Hall–Kier alpha value is -2.91. The van der Waals surface area contributed by atoms with Crippen molar-refractivity contribution in [2.75, 3.05) is 31.5 Å². The van der Waals surface area contributed by atoms with Crippen LogP contribution in [-0.4, -0.2) is 55.7 Å². The van der Waals surface area contributed by atoms with E-state index in [4.69, 9.17) is 11.1 Å². The molecule has 2 aromatic rings. The summed E-state index contributed by atoms with van der Waals surface area (Å²) >= 11 is 0. The maximum absolute atomic E-state index is 12.9. The van der Waals surface area contributed by atoms with Gasteiger partial charge in [-0.3, -0.25) is 5.41 Å². The van der Waals surface area contributed by atoms with Gasteiger partial charge < -0.3 is 16.0 Å². The largest absolute Gasteiger partial charge is 0.384 e. The van der Waals surface area contributed by atoms with Gasteiger partial charge in [-0.25, -0.2) is 13.2 Å².